The van der Waals surface area contributed by atoms with Crippen LogP contribution in [-0.4, -0.2) is 25.0 Å². The number of nitrogens with two attached hydrogens (primary N) is 1. The molecule has 2 heteroatoms. The van der Waals surface area contributed by atoms with E-state index >= 15 is 0 Å². The van der Waals surface area contributed by atoms with E-state index in [1.165, 1.54) is 32.1 Å². The van der Waals surface area contributed by atoms with E-state index in [9.17, 15) is 0 Å². The second kappa shape index (κ2) is 5.28. The first kappa shape index (κ1) is 10.6. The quantitative estimate of drug-likeness (QED) is 0.723. The van der Waals surface area contributed by atoms with Gasteiger partial charge in [0.15, 0.2) is 0 Å². The maximum absolute atomic E-state index is 5.33. The lowest BCUT2D eigenvalue weighted by molar-refractivity contribution is 0.194. The lowest BCUT2D eigenvalue weighted by Gasteiger charge is -2.32. The second-order valence-electron chi connectivity index (χ2n) is 4.30. The first-order valence-corrected chi connectivity index (χ1v) is 5.27. The fourth-order valence-corrected chi connectivity index (χ4v) is 2.17. The molecule has 0 radical (unpaired) electrons. The zero-order valence-corrected chi connectivity index (χ0v) is 8.87. The topological polar surface area (TPSA) is 29.3 Å². The van der Waals surface area contributed by atoms with Crippen LogP contribution in [0.15, 0.2) is 12.3 Å². The Morgan fingerprint density at radius 3 is 2.31 bits per heavy atom. The Morgan fingerprint density at radius 2 is 1.85 bits per heavy atom. The van der Waals surface area contributed by atoms with E-state index in [0.29, 0.717) is 0 Å². The first-order chi connectivity index (χ1) is 6.24. The fourth-order valence-electron chi connectivity index (χ4n) is 2.17. The molecule has 1 aliphatic carbocycles. The van der Waals surface area contributed by atoms with Crippen molar-refractivity contribution < 1.29 is 0 Å². The van der Waals surface area contributed by atoms with Crippen LogP contribution in [0.5, 0.6) is 0 Å². The van der Waals surface area contributed by atoms with E-state index in [0.717, 1.165) is 12.0 Å². The molecule has 1 fully saturated rings. The van der Waals surface area contributed by atoms with E-state index in [1.807, 2.05) is 0 Å². The van der Waals surface area contributed by atoms with Gasteiger partial charge in [-0.25, -0.2) is 0 Å². The van der Waals surface area contributed by atoms with E-state index in [-0.39, 0.29) is 0 Å². The highest BCUT2D eigenvalue weighted by atomic mass is 15.1. The fraction of sp³-hybridized carbons (Fsp3) is 0.818. The van der Waals surface area contributed by atoms with E-state index < -0.39 is 0 Å². The maximum Gasteiger partial charge on any atom is 0.00893 e. The van der Waals surface area contributed by atoms with Gasteiger partial charge < -0.3 is 10.6 Å². The normalized spacial score (nSPS) is 30.1. The van der Waals surface area contributed by atoms with Crippen molar-refractivity contribution in [3.63, 3.8) is 0 Å². The molecule has 2 N–H and O–H groups in total. The van der Waals surface area contributed by atoms with Crippen molar-refractivity contribution in [1.82, 2.24) is 4.90 Å². The molecule has 0 bridgehead atoms. The standard InChI is InChI=1S/C11H22N2/c1-13(2)11-7-5-10(6-8-11)4-3-9-12/h3,9-11H,4-8,12H2,1-2H3. The number of rotatable bonds is 3. The molecule has 0 saturated heterocycles. The molecule has 0 aliphatic heterocycles. The SMILES string of the molecule is CN(C)C1CCC(CC=CN)CC1. The average molecular weight is 182 g/mol. The molecule has 1 rings (SSSR count). The third-order valence-corrected chi connectivity index (χ3v) is 3.15. The van der Waals surface area contributed by atoms with Gasteiger partial charge in [-0.2, -0.15) is 0 Å². The number of hydrogen-bond donors (Lipinski definition) is 1. The summed E-state index contributed by atoms with van der Waals surface area (Å²) in [6, 6.07) is 0.818. The molecule has 0 aromatic heterocycles. The summed E-state index contributed by atoms with van der Waals surface area (Å²) in [4.78, 5) is 2.36. The first-order valence-electron chi connectivity index (χ1n) is 5.27. The summed E-state index contributed by atoms with van der Waals surface area (Å²) in [5, 5.41) is 0. The van der Waals surface area contributed by atoms with E-state index in [1.54, 1.807) is 6.20 Å². The Balaban J connectivity index is 2.22. The number of hydrogen-bond acceptors (Lipinski definition) is 2. The molecule has 13 heavy (non-hydrogen) atoms. The van der Waals surface area contributed by atoms with Gasteiger partial charge in [-0.3, -0.25) is 0 Å². The molecular formula is C11H22N2. The molecule has 0 amide bonds. The van der Waals surface area contributed by atoms with Crippen LogP contribution in [-0.2, 0) is 0 Å². The van der Waals surface area contributed by atoms with Gasteiger partial charge >= 0.3 is 0 Å². The van der Waals surface area contributed by atoms with Gasteiger partial charge in [0.1, 0.15) is 0 Å². The Labute approximate surface area is 81.8 Å². The monoisotopic (exact) mass is 182 g/mol. The van der Waals surface area contributed by atoms with Gasteiger partial charge in [-0.15, -0.1) is 0 Å². The van der Waals surface area contributed by atoms with Crippen LogP contribution < -0.4 is 5.73 Å². The van der Waals surface area contributed by atoms with Crippen LogP contribution in [0.25, 0.3) is 0 Å². The summed E-state index contributed by atoms with van der Waals surface area (Å²) in [5.41, 5.74) is 5.33. The Morgan fingerprint density at radius 1 is 1.23 bits per heavy atom. The minimum Gasteiger partial charge on any atom is -0.405 e. The lowest BCUT2D eigenvalue weighted by atomic mass is 9.84. The average Bonchev–Trinajstić information content (AvgIpc) is 2.15. The molecular weight excluding hydrogens is 160 g/mol. The molecule has 76 valence electrons. The van der Waals surface area contributed by atoms with Crippen molar-refractivity contribution in [2.24, 2.45) is 11.7 Å². The minimum atomic E-state index is 0.818. The Bertz CT molecular complexity index is 155. The summed E-state index contributed by atoms with van der Waals surface area (Å²) in [6.45, 7) is 0. The highest BCUT2D eigenvalue weighted by Crippen LogP contribution is 2.28. The largest absolute Gasteiger partial charge is 0.405 e. The molecule has 2 nitrogen and oxygen atoms in total. The summed E-state index contributed by atoms with van der Waals surface area (Å²) in [6.07, 6.45) is 10.4. The van der Waals surface area contributed by atoms with Crippen LogP contribution in [0.2, 0.25) is 0 Å². The molecule has 0 heterocycles. The van der Waals surface area contributed by atoms with Gasteiger partial charge in [-0.05, 0) is 58.3 Å². The Kier molecular flexibility index (Phi) is 4.29. The maximum atomic E-state index is 5.33. The molecule has 0 aromatic rings. The van der Waals surface area contributed by atoms with Crippen LogP contribution in [0.4, 0.5) is 0 Å². The highest BCUT2D eigenvalue weighted by molar-refractivity contribution is 4.84. The minimum absolute atomic E-state index is 0.818. The molecule has 1 saturated carbocycles. The van der Waals surface area contributed by atoms with E-state index in [2.05, 4.69) is 25.1 Å². The van der Waals surface area contributed by atoms with Crippen molar-refractivity contribution in [1.29, 1.82) is 0 Å². The van der Waals surface area contributed by atoms with Crippen LogP contribution in [0.1, 0.15) is 32.1 Å². The van der Waals surface area contributed by atoms with Crippen molar-refractivity contribution in [2.75, 3.05) is 14.1 Å². The van der Waals surface area contributed by atoms with Crippen molar-refractivity contribution in [2.45, 2.75) is 38.1 Å². The molecule has 0 atom stereocenters. The van der Waals surface area contributed by atoms with Gasteiger partial charge in [0.05, 0.1) is 0 Å². The molecule has 0 unspecified atom stereocenters. The predicted octanol–water partition coefficient (Wildman–Crippen LogP) is 1.97. The van der Waals surface area contributed by atoms with Crippen molar-refractivity contribution in [3.8, 4) is 0 Å². The third-order valence-electron chi connectivity index (χ3n) is 3.15. The van der Waals surface area contributed by atoms with Crippen molar-refractivity contribution in [3.05, 3.63) is 12.3 Å². The molecule has 1 aliphatic rings. The summed E-state index contributed by atoms with van der Waals surface area (Å²) < 4.78 is 0. The van der Waals surface area contributed by atoms with Crippen LogP contribution in [0, 0.1) is 5.92 Å². The van der Waals surface area contributed by atoms with Crippen molar-refractivity contribution >= 4 is 0 Å². The van der Waals surface area contributed by atoms with E-state index in [4.69, 9.17) is 5.73 Å². The van der Waals surface area contributed by atoms with Gasteiger partial charge in [0.25, 0.3) is 0 Å². The zero-order chi connectivity index (χ0) is 9.68. The molecule has 0 aromatic carbocycles. The zero-order valence-electron chi connectivity index (χ0n) is 8.87. The van der Waals surface area contributed by atoms with Gasteiger partial charge in [-0.1, -0.05) is 6.08 Å². The number of nitrogens with zero attached hydrogens (tertiary/aromatic N) is 1. The summed E-state index contributed by atoms with van der Waals surface area (Å²) in [5.74, 6) is 0.885. The Hall–Kier alpha value is -0.500. The van der Waals surface area contributed by atoms with Gasteiger partial charge in [0, 0.05) is 6.04 Å². The van der Waals surface area contributed by atoms with Crippen LogP contribution >= 0.6 is 0 Å². The lowest BCUT2D eigenvalue weighted by Crippen LogP contribution is -2.32. The number of allylic oxidation sites excluding steroid dienone is 1. The highest BCUT2D eigenvalue weighted by Gasteiger charge is 2.21. The predicted molar refractivity (Wildman–Crippen MR) is 57.4 cm³/mol. The third kappa shape index (κ3) is 3.39. The van der Waals surface area contributed by atoms with Crippen LogP contribution in [0.3, 0.4) is 0 Å². The summed E-state index contributed by atoms with van der Waals surface area (Å²) >= 11 is 0. The van der Waals surface area contributed by atoms with Gasteiger partial charge in [0.2, 0.25) is 0 Å². The second-order valence-corrected chi connectivity index (χ2v) is 4.30. The molecule has 0 spiro atoms. The smallest absolute Gasteiger partial charge is 0.00893 e. The summed E-state index contributed by atoms with van der Waals surface area (Å²) in [7, 11) is 4.37.